The molecule has 1 aromatic heterocycles. The molecule has 2 N–H and O–H groups in total. The maximum Gasteiger partial charge on any atom is 0.0634 e. The van der Waals surface area contributed by atoms with Gasteiger partial charge in [-0.2, -0.15) is 0 Å². The van der Waals surface area contributed by atoms with Gasteiger partial charge in [-0.25, -0.2) is 0 Å². The lowest BCUT2D eigenvalue weighted by molar-refractivity contribution is 0.327. The first-order chi connectivity index (χ1) is 6.75. The second-order valence-electron chi connectivity index (χ2n) is 3.75. The number of rotatable bonds is 2. The van der Waals surface area contributed by atoms with Crippen molar-refractivity contribution in [3.05, 3.63) is 29.0 Å². The second-order valence-corrected chi connectivity index (χ2v) is 4.16. The van der Waals surface area contributed by atoms with Gasteiger partial charge in [0.2, 0.25) is 0 Å². The standard InChI is InChI=1S/C10H14ClN3/c11-10-5-13-3-1-8(10)6-14-4-2-9(12)7-14/h1,3,5,9H,2,4,6-7,12H2. The SMILES string of the molecule is NC1CCN(Cc2ccncc2Cl)C1. The average Bonchev–Trinajstić information content (AvgIpc) is 2.56. The highest BCUT2D eigenvalue weighted by molar-refractivity contribution is 6.31. The molecule has 0 amide bonds. The molecule has 1 aliphatic rings. The first kappa shape index (κ1) is 9.90. The van der Waals surface area contributed by atoms with Gasteiger partial charge in [0.25, 0.3) is 0 Å². The molecule has 76 valence electrons. The van der Waals surface area contributed by atoms with Crippen LogP contribution in [0.5, 0.6) is 0 Å². The van der Waals surface area contributed by atoms with Crippen molar-refractivity contribution in [2.75, 3.05) is 13.1 Å². The third-order valence-corrected chi connectivity index (χ3v) is 2.90. The van der Waals surface area contributed by atoms with Gasteiger partial charge in [0.15, 0.2) is 0 Å². The molecule has 0 spiro atoms. The zero-order chi connectivity index (χ0) is 9.97. The Morgan fingerprint density at radius 1 is 1.64 bits per heavy atom. The molecular formula is C10H14ClN3. The summed E-state index contributed by atoms with van der Waals surface area (Å²) in [6.45, 7) is 2.92. The minimum Gasteiger partial charge on any atom is -0.326 e. The fourth-order valence-corrected chi connectivity index (χ4v) is 1.96. The number of nitrogens with two attached hydrogens (primary N) is 1. The maximum absolute atomic E-state index is 6.02. The normalized spacial score (nSPS) is 22.9. The van der Waals surface area contributed by atoms with E-state index in [1.807, 2.05) is 6.07 Å². The largest absolute Gasteiger partial charge is 0.326 e. The summed E-state index contributed by atoms with van der Waals surface area (Å²) in [6, 6.07) is 2.29. The van der Waals surface area contributed by atoms with Crippen LogP contribution in [0.25, 0.3) is 0 Å². The van der Waals surface area contributed by atoms with Crippen molar-refractivity contribution in [2.45, 2.75) is 19.0 Å². The molecule has 1 aromatic rings. The minimum atomic E-state index is 0.329. The van der Waals surface area contributed by atoms with Gasteiger partial charge in [-0.05, 0) is 18.1 Å². The Bertz CT molecular complexity index is 316. The third kappa shape index (κ3) is 2.23. The highest BCUT2D eigenvalue weighted by Crippen LogP contribution is 2.18. The zero-order valence-electron chi connectivity index (χ0n) is 7.99. The van der Waals surface area contributed by atoms with E-state index in [1.165, 1.54) is 0 Å². The van der Waals surface area contributed by atoms with Gasteiger partial charge in [0.05, 0.1) is 5.02 Å². The molecule has 2 rings (SSSR count). The topological polar surface area (TPSA) is 42.1 Å². The van der Waals surface area contributed by atoms with Gasteiger partial charge >= 0.3 is 0 Å². The van der Waals surface area contributed by atoms with Crippen LogP contribution in [-0.2, 0) is 6.54 Å². The van der Waals surface area contributed by atoms with Crippen molar-refractivity contribution in [3.8, 4) is 0 Å². The lowest BCUT2D eigenvalue weighted by Gasteiger charge is -2.15. The van der Waals surface area contributed by atoms with E-state index in [4.69, 9.17) is 17.3 Å². The van der Waals surface area contributed by atoms with E-state index in [1.54, 1.807) is 12.4 Å². The van der Waals surface area contributed by atoms with E-state index in [0.717, 1.165) is 36.6 Å². The van der Waals surface area contributed by atoms with Crippen molar-refractivity contribution in [1.82, 2.24) is 9.88 Å². The summed E-state index contributed by atoms with van der Waals surface area (Å²) >= 11 is 6.02. The summed E-state index contributed by atoms with van der Waals surface area (Å²) in [5, 5.41) is 0.743. The quantitative estimate of drug-likeness (QED) is 0.801. The summed E-state index contributed by atoms with van der Waals surface area (Å²) < 4.78 is 0. The van der Waals surface area contributed by atoms with Gasteiger partial charge < -0.3 is 5.73 Å². The van der Waals surface area contributed by atoms with Gasteiger partial charge in [-0.15, -0.1) is 0 Å². The predicted octanol–water partition coefficient (Wildman–Crippen LogP) is 1.27. The van der Waals surface area contributed by atoms with Crippen molar-refractivity contribution >= 4 is 11.6 Å². The average molecular weight is 212 g/mol. The lowest BCUT2D eigenvalue weighted by Crippen LogP contribution is -2.26. The van der Waals surface area contributed by atoms with Gasteiger partial charge in [0.1, 0.15) is 0 Å². The molecule has 0 bridgehead atoms. The summed E-state index contributed by atoms with van der Waals surface area (Å²) in [6.07, 6.45) is 4.55. The Labute approximate surface area is 88.9 Å². The number of nitrogens with zero attached hydrogens (tertiary/aromatic N) is 2. The fourth-order valence-electron chi connectivity index (χ4n) is 1.78. The van der Waals surface area contributed by atoms with E-state index in [-0.39, 0.29) is 0 Å². The molecule has 1 unspecified atom stereocenters. The van der Waals surface area contributed by atoms with Crippen LogP contribution in [0.2, 0.25) is 5.02 Å². The van der Waals surface area contributed by atoms with E-state index < -0.39 is 0 Å². The van der Waals surface area contributed by atoms with Crippen LogP contribution in [0, 0.1) is 0 Å². The third-order valence-electron chi connectivity index (χ3n) is 2.56. The van der Waals surface area contributed by atoms with E-state index in [2.05, 4.69) is 9.88 Å². The van der Waals surface area contributed by atoms with E-state index in [0.29, 0.717) is 6.04 Å². The maximum atomic E-state index is 6.02. The number of hydrogen-bond donors (Lipinski definition) is 1. The van der Waals surface area contributed by atoms with Crippen molar-refractivity contribution in [3.63, 3.8) is 0 Å². The lowest BCUT2D eigenvalue weighted by atomic mass is 10.2. The Hall–Kier alpha value is -0.640. The number of aromatic nitrogens is 1. The highest BCUT2D eigenvalue weighted by Gasteiger charge is 2.19. The monoisotopic (exact) mass is 211 g/mol. The van der Waals surface area contributed by atoms with Crippen molar-refractivity contribution in [2.24, 2.45) is 5.73 Å². The van der Waals surface area contributed by atoms with Crippen LogP contribution < -0.4 is 5.73 Å². The summed E-state index contributed by atoms with van der Waals surface area (Å²) in [5.41, 5.74) is 6.96. The molecule has 14 heavy (non-hydrogen) atoms. The van der Waals surface area contributed by atoms with Crippen molar-refractivity contribution in [1.29, 1.82) is 0 Å². The molecule has 2 heterocycles. The fraction of sp³-hybridized carbons (Fsp3) is 0.500. The first-order valence-corrected chi connectivity index (χ1v) is 5.20. The molecule has 0 radical (unpaired) electrons. The van der Waals surface area contributed by atoms with Gasteiger partial charge in [-0.3, -0.25) is 9.88 Å². The molecule has 1 aliphatic heterocycles. The number of hydrogen-bond acceptors (Lipinski definition) is 3. The van der Waals surface area contributed by atoms with Crippen LogP contribution in [0.3, 0.4) is 0 Å². The Balaban J connectivity index is 2.01. The van der Waals surface area contributed by atoms with Crippen LogP contribution in [-0.4, -0.2) is 29.0 Å². The first-order valence-electron chi connectivity index (χ1n) is 4.82. The molecule has 0 aromatic carbocycles. The van der Waals surface area contributed by atoms with Crippen molar-refractivity contribution < 1.29 is 0 Å². The molecule has 3 nitrogen and oxygen atoms in total. The summed E-state index contributed by atoms with van der Waals surface area (Å²) in [7, 11) is 0. The van der Waals surface area contributed by atoms with E-state index in [9.17, 15) is 0 Å². The smallest absolute Gasteiger partial charge is 0.0634 e. The number of halogens is 1. The molecule has 0 saturated carbocycles. The van der Waals surface area contributed by atoms with Crippen LogP contribution in [0.4, 0.5) is 0 Å². The minimum absolute atomic E-state index is 0.329. The summed E-state index contributed by atoms with van der Waals surface area (Å²) in [4.78, 5) is 6.28. The van der Waals surface area contributed by atoms with Gasteiger partial charge in [0, 0.05) is 38.1 Å². The van der Waals surface area contributed by atoms with Crippen LogP contribution in [0.1, 0.15) is 12.0 Å². The predicted molar refractivity (Wildman–Crippen MR) is 57.1 cm³/mol. The zero-order valence-corrected chi connectivity index (χ0v) is 8.74. The molecule has 1 saturated heterocycles. The van der Waals surface area contributed by atoms with E-state index >= 15 is 0 Å². The second kappa shape index (κ2) is 4.26. The highest BCUT2D eigenvalue weighted by atomic mass is 35.5. The number of likely N-dealkylation sites (tertiary alicyclic amines) is 1. The molecule has 1 atom stereocenters. The molecule has 1 fully saturated rings. The summed E-state index contributed by atoms with van der Waals surface area (Å²) in [5.74, 6) is 0. The molecular weight excluding hydrogens is 198 g/mol. The molecule has 4 heteroatoms. The Morgan fingerprint density at radius 2 is 2.50 bits per heavy atom. The van der Waals surface area contributed by atoms with Crippen LogP contribution in [0.15, 0.2) is 18.5 Å². The molecule has 0 aliphatic carbocycles. The van der Waals surface area contributed by atoms with Crippen LogP contribution >= 0.6 is 11.6 Å². The Kier molecular flexibility index (Phi) is 3.01. The van der Waals surface area contributed by atoms with Gasteiger partial charge in [-0.1, -0.05) is 11.6 Å². The number of pyridine rings is 1. The Morgan fingerprint density at radius 3 is 3.14 bits per heavy atom.